The highest BCUT2D eigenvalue weighted by Gasteiger charge is 2.35. The van der Waals surface area contributed by atoms with E-state index in [1.54, 1.807) is 45.0 Å². The number of alkyl carbamates (subject to hydrolysis) is 1. The number of nitrogens with one attached hydrogen (secondary N) is 1. The maximum atomic E-state index is 12.4. The van der Waals surface area contributed by atoms with Crippen LogP contribution in [0.25, 0.3) is 0 Å². The van der Waals surface area contributed by atoms with E-state index in [-0.39, 0.29) is 10.9 Å². The summed E-state index contributed by atoms with van der Waals surface area (Å²) in [5.74, 6) is -0.674. The summed E-state index contributed by atoms with van der Waals surface area (Å²) >= 11 is 1.08. The van der Waals surface area contributed by atoms with Crippen LogP contribution in [0.3, 0.4) is 0 Å². The quantitative estimate of drug-likeness (QED) is 0.791. The number of hydrogen-bond acceptors (Lipinski definition) is 5. The van der Waals surface area contributed by atoms with E-state index in [2.05, 4.69) is 5.32 Å². The van der Waals surface area contributed by atoms with Gasteiger partial charge >= 0.3 is 6.09 Å². The minimum absolute atomic E-state index is 0.255. The first-order valence-electron chi connectivity index (χ1n) is 7.87. The van der Waals surface area contributed by atoms with Gasteiger partial charge < -0.3 is 10.1 Å². The summed E-state index contributed by atoms with van der Waals surface area (Å²) in [5.41, 5.74) is 0.0211. The second-order valence-corrected chi connectivity index (χ2v) is 7.64. The van der Waals surface area contributed by atoms with Gasteiger partial charge in [-0.3, -0.25) is 9.59 Å². The Morgan fingerprint density at radius 1 is 1.17 bits per heavy atom. The first kappa shape index (κ1) is 20.2. The zero-order valence-electron chi connectivity index (χ0n) is 14.8. The van der Waals surface area contributed by atoms with Gasteiger partial charge in [0.05, 0.1) is 6.04 Å². The van der Waals surface area contributed by atoms with Crippen molar-refractivity contribution >= 4 is 28.8 Å². The van der Waals surface area contributed by atoms with E-state index in [1.807, 2.05) is 13.0 Å². The molecule has 0 fully saturated rings. The van der Waals surface area contributed by atoms with Crippen molar-refractivity contribution in [3.63, 3.8) is 0 Å². The Balaban J connectivity index is 3.15. The van der Waals surface area contributed by atoms with E-state index in [4.69, 9.17) is 4.74 Å². The number of hydrogen-bond donors (Lipinski definition) is 1. The van der Waals surface area contributed by atoms with Crippen LogP contribution in [0.1, 0.15) is 46.2 Å². The Hall–Kier alpha value is -1.82. The van der Waals surface area contributed by atoms with Crippen molar-refractivity contribution < 1.29 is 19.1 Å². The monoisotopic (exact) mass is 351 g/mol. The van der Waals surface area contributed by atoms with Crippen molar-refractivity contribution in [3.05, 3.63) is 35.9 Å². The molecule has 1 rings (SSSR count). The molecule has 0 radical (unpaired) electrons. The average Bonchev–Trinajstić information content (AvgIpc) is 2.45. The summed E-state index contributed by atoms with van der Waals surface area (Å²) in [6.07, 6.45) is -0.656. The third-order valence-corrected chi connectivity index (χ3v) is 3.97. The normalized spacial score (nSPS) is 13.7. The number of ketones is 1. The molecule has 1 N–H and O–H groups in total. The van der Waals surface area contributed by atoms with Gasteiger partial charge in [-0.15, -0.1) is 0 Å². The van der Waals surface area contributed by atoms with Gasteiger partial charge in [0.15, 0.2) is 0 Å². The molecule has 0 aromatic heterocycles. The van der Waals surface area contributed by atoms with Gasteiger partial charge in [-0.05, 0) is 39.0 Å². The van der Waals surface area contributed by atoms with E-state index < -0.39 is 23.7 Å². The fourth-order valence-corrected chi connectivity index (χ4v) is 2.99. The fraction of sp³-hybridized carbons (Fsp3) is 0.500. The van der Waals surface area contributed by atoms with Crippen LogP contribution in [0.2, 0.25) is 0 Å². The van der Waals surface area contributed by atoms with Crippen molar-refractivity contribution in [1.29, 1.82) is 0 Å². The van der Waals surface area contributed by atoms with E-state index in [0.29, 0.717) is 11.3 Å². The number of benzene rings is 1. The van der Waals surface area contributed by atoms with Gasteiger partial charge in [0.2, 0.25) is 5.12 Å². The molecule has 0 saturated heterocycles. The Morgan fingerprint density at radius 3 is 2.21 bits per heavy atom. The Labute approximate surface area is 147 Å². The zero-order chi connectivity index (χ0) is 18.3. The molecule has 0 aliphatic carbocycles. The predicted octanol–water partition coefficient (Wildman–Crippen LogP) is 3.74. The minimum Gasteiger partial charge on any atom is -0.444 e. The van der Waals surface area contributed by atoms with E-state index in [1.165, 1.54) is 6.92 Å². The molecule has 1 aromatic rings. The second-order valence-electron chi connectivity index (χ2n) is 6.37. The topological polar surface area (TPSA) is 72.5 Å². The summed E-state index contributed by atoms with van der Waals surface area (Å²) in [6.45, 7) is 8.48. The third-order valence-electron chi connectivity index (χ3n) is 3.14. The summed E-state index contributed by atoms with van der Waals surface area (Å²) in [4.78, 5) is 36.7. The number of rotatable bonds is 6. The molecule has 1 aromatic carbocycles. The number of carbonyl (C=O) groups excluding carboxylic acids is 3. The van der Waals surface area contributed by atoms with Crippen LogP contribution < -0.4 is 5.32 Å². The summed E-state index contributed by atoms with van der Waals surface area (Å²) < 4.78 is 5.28. The second kappa shape index (κ2) is 8.87. The van der Waals surface area contributed by atoms with Gasteiger partial charge in [-0.2, -0.15) is 0 Å². The number of thioether (sulfide) groups is 1. The molecule has 24 heavy (non-hydrogen) atoms. The first-order chi connectivity index (χ1) is 11.2. The lowest BCUT2D eigenvalue weighted by atomic mass is 9.91. The SMILES string of the molecule is CCSC(=O)[C@H](C(C)=O)[C@H](NC(=O)OC(C)(C)C)c1ccccc1. The van der Waals surface area contributed by atoms with Gasteiger partial charge in [-0.1, -0.05) is 49.0 Å². The standard InChI is InChI=1S/C18H25NO4S/c1-6-24-16(21)14(12(2)20)15(13-10-8-7-9-11-13)19-17(22)23-18(3,4)5/h7-11,14-15H,6H2,1-5H3,(H,19,22)/t14-,15-/m1/s1. The van der Waals surface area contributed by atoms with Crippen LogP contribution in [-0.4, -0.2) is 28.3 Å². The van der Waals surface area contributed by atoms with Gasteiger partial charge in [0.25, 0.3) is 0 Å². The van der Waals surface area contributed by atoms with E-state index in [0.717, 1.165) is 11.8 Å². The largest absolute Gasteiger partial charge is 0.444 e. The summed E-state index contributed by atoms with van der Waals surface area (Å²) in [6, 6.07) is 8.23. The molecule has 6 heteroatoms. The Bertz CT molecular complexity index is 580. The number of amides is 1. The van der Waals surface area contributed by atoms with Crippen LogP contribution >= 0.6 is 11.8 Å². The molecule has 132 valence electrons. The lowest BCUT2D eigenvalue weighted by Gasteiger charge is -2.27. The molecule has 0 aliphatic heterocycles. The number of ether oxygens (including phenoxy) is 1. The van der Waals surface area contributed by atoms with Crippen LogP contribution in [0.4, 0.5) is 4.79 Å². The van der Waals surface area contributed by atoms with Crippen molar-refractivity contribution in [2.75, 3.05) is 5.75 Å². The maximum Gasteiger partial charge on any atom is 0.408 e. The predicted molar refractivity (Wildman–Crippen MR) is 95.9 cm³/mol. The van der Waals surface area contributed by atoms with E-state index >= 15 is 0 Å². The molecule has 2 atom stereocenters. The molecule has 0 spiro atoms. The highest BCUT2D eigenvalue weighted by atomic mass is 32.2. The van der Waals surface area contributed by atoms with E-state index in [9.17, 15) is 14.4 Å². The number of carbonyl (C=O) groups is 3. The molecule has 0 unspecified atom stereocenters. The minimum atomic E-state index is -0.954. The molecular weight excluding hydrogens is 326 g/mol. The van der Waals surface area contributed by atoms with Gasteiger partial charge in [-0.25, -0.2) is 4.79 Å². The molecule has 0 heterocycles. The molecule has 0 saturated carbocycles. The van der Waals surface area contributed by atoms with Crippen LogP contribution in [-0.2, 0) is 14.3 Å². The molecular formula is C18H25NO4S. The molecule has 1 amide bonds. The molecule has 0 bridgehead atoms. The highest BCUT2D eigenvalue weighted by Crippen LogP contribution is 2.28. The van der Waals surface area contributed by atoms with Gasteiger partial charge in [0, 0.05) is 0 Å². The summed E-state index contributed by atoms with van der Waals surface area (Å²) in [5, 5.41) is 2.44. The van der Waals surface area contributed by atoms with Crippen molar-refractivity contribution in [2.24, 2.45) is 5.92 Å². The fourth-order valence-electron chi connectivity index (χ4n) is 2.22. The van der Waals surface area contributed by atoms with Crippen molar-refractivity contribution in [2.45, 2.75) is 46.3 Å². The van der Waals surface area contributed by atoms with Crippen LogP contribution in [0, 0.1) is 5.92 Å². The molecule has 0 aliphatic rings. The third kappa shape index (κ3) is 6.35. The first-order valence-corrected chi connectivity index (χ1v) is 8.85. The Morgan fingerprint density at radius 2 is 1.75 bits per heavy atom. The lowest BCUT2D eigenvalue weighted by Crippen LogP contribution is -2.41. The zero-order valence-corrected chi connectivity index (χ0v) is 15.6. The highest BCUT2D eigenvalue weighted by molar-refractivity contribution is 8.13. The maximum absolute atomic E-state index is 12.4. The van der Waals surface area contributed by atoms with Gasteiger partial charge in [0.1, 0.15) is 17.3 Å². The van der Waals surface area contributed by atoms with Crippen LogP contribution in [0.15, 0.2) is 30.3 Å². The van der Waals surface area contributed by atoms with Crippen LogP contribution in [0.5, 0.6) is 0 Å². The lowest BCUT2D eigenvalue weighted by molar-refractivity contribution is -0.128. The number of Topliss-reactive ketones (excluding diaryl/α,β-unsaturated/α-hetero) is 1. The van der Waals surface area contributed by atoms with Crippen molar-refractivity contribution in [1.82, 2.24) is 5.32 Å². The Kier molecular flexibility index (Phi) is 7.48. The average molecular weight is 351 g/mol. The summed E-state index contributed by atoms with van der Waals surface area (Å²) in [7, 11) is 0. The smallest absolute Gasteiger partial charge is 0.408 e. The van der Waals surface area contributed by atoms with Crippen molar-refractivity contribution in [3.8, 4) is 0 Å². The molecule has 5 nitrogen and oxygen atoms in total.